The Balaban J connectivity index is 1.57. The molecule has 1 N–H and O–H groups in total. The van der Waals surface area contributed by atoms with E-state index in [0.29, 0.717) is 15.8 Å². The Kier molecular flexibility index (Phi) is 5.92. The smallest absolute Gasteiger partial charge is 0.262 e. The predicted octanol–water partition coefficient (Wildman–Crippen LogP) is 6.04. The first-order valence-electron chi connectivity index (χ1n) is 9.55. The monoisotopic (exact) mass is 474 g/mol. The first-order valence-corrected chi connectivity index (χ1v) is 11.1. The molecule has 0 unspecified atom stereocenters. The number of aryl methyl sites for hydroxylation is 4. The predicted molar refractivity (Wildman–Crippen MR) is 126 cm³/mol. The molecule has 6 nitrogen and oxygen atoms in total. The third-order valence-corrected chi connectivity index (χ3v) is 6.51. The number of fused-ring (bicyclic) bond motifs is 1. The zero-order valence-corrected chi connectivity index (χ0v) is 19.7. The minimum atomic E-state index is -0.278. The van der Waals surface area contributed by atoms with E-state index in [1.54, 1.807) is 29.5 Å². The first kappa shape index (κ1) is 21.6. The van der Waals surface area contributed by atoms with E-state index in [1.807, 2.05) is 44.5 Å². The molecule has 160 valence electrons. The maximum Gasteiger partial charge on any atom is 0.262 e. The third-order valence-electron chi connectivity index (χ3n) is 4.81. The molecule has 2 aromatic carbocycles. The molecule has 9 heteroatoms. The molecule has 0 aliphatic rings. The Hall–Kier alpha value is -2.61. The molecule has 1 amide bonds. The number of hydrogen-bond donors (Lipinski definition) is 1. The number of thiazole rings is 1. The van der Waals surface area contributed by atoms with E-state index < -0.39 is 0 Å². The van der Waals surface area contributed by atoms with Crippen molar-refractivity contribution in [1.29, 1.82) is 0 Å². The van der Waals surface area contributed by atoms with Gasteiger partial charge in [-0.1, -0.05) is 34.5 Å². The van der Waals surface area contributed by atoms with Gasteiger partial charge in [-0.05, 0) is 69.2 Å². The van der Waals surface area contributed by atoms with Gasteiger partial charge in [-0.2, -0.15) is 5.10 Å². The fourth-order valence-electron chi connectivity index (χ4n) is 3.39. The Labute approximate surface area is 193 Å². The number of nitrogens with one attached hydrogen (secondary N) is 1. The number of benzene rings is 2. The van der Waals surface area contributed by atoms with Crippen LogP contribution in [0.25, 0.3) is 15.3 Å². The highest BCUT2D eigenvalue weighted by molar-refractivity contribution is 7.21. The lowest BCUT2D eigenvalue weighted by Crippen LogP contribution is -2.21. The Morgan fingerprint density at radius 1 is 1.16 bits per heavy atom. The zero-order chi connectivity index (χ0) is 22.3. The number of rotatable bonds is 5. The zero-order valence-electron chi connectivity index (χ0n) is 17.4. The number of carbonyl (C=O) groups is 1. The average Bonchev–Trinajstić information content (AvgIpc) is 3.26. The van der Waals surface area contributed by atoms with Gasteiger partial charge in [0.15, 0.2) is 6.61 Å². The summed E-state index contributed by atoms with van der Waals surface area (Å²) in [5.41, 5.74) is 5.48. The molecule has 0 bridgehead atoms. The van der Waals surface area contributed by atoms with Crippen molar-refractivity contribution < 1.29 is 9.53 Å². The van der Waals surface area contributed by atoms with Crippen LogP contribution in [0.1, 0.15) is 22.5 Å². The minimum absolute atomic E-state index is 0.169. The topological polar surface area (TPSA) is 69.0 Å². The number of amides is 1. The van der Waals surface area contributed by atoms with Crippen molar-refractivity contribution in [1.82, 2.24) is 14.8 Å². The van der Waals surface area contributed by atoms with Crippen molar-refractivity contribution >= 4 is 56.3 Å². The molecule has 0 atom stereocenters. The highest BCUT2D eigenvalue weighted by Crippen LogP contribution is 2.35. The van der Waals surface area contributed by atoms with Gasteiger partial charge in [-0.3, -0.25) is 4.79 Å². The summed E-state index contributed by atoms with van der Waals surface area (Å²) in [6, 6.07) is 8.86. The lowest BCUT2D eigenvalue weighted by molar-refractivity contribution is -0.118. The fraction of sp³-hybridized carbons (Fsp3) is 0.227. The number of aromatic nitrogens is 3. The van der Waals surface area contributed by atoms with Gasteiger partial charge in [0.1, 0.15) is 5.75 Å². The van der Waals surface area contributed by atoms with Gasteiger partial charge in [-0.25, -0.2) is 9.67 Å². The standard InChI is InChI=1S/C22H20Cl2N4O2S/c1-11-7-17-21(31-22(25-17)28-13(3)8-12(2)27-28)14(4)20(11)26-19(29)10-30-18-6-5-15(23)9-16(18)24/h5-9H,10H2,1-4H3,(H,26,29). The Bertz CT molecular complexity index is 1310. The van der Waals surface area contributed by atoms with Crippen molar-refractivity contribution in [2.24, 2.45) is 0 Å². The lowest BCUT2D eigenvalue weighted by atomic mass is 10.1. The Morgan fingerprint density at radius 3 is 2.61 bits per heavy atom. The molecule has 0 radical (unpaired) electrons. The van der Waals surface area contributed by atoms with Crippen LogP contribution in [-0.2, 0) is 4.79 Å². The molecule has 0 saturated heterocycles. The molecule has 0 spiro atoms. The van der Waals surface area contributed by atoms with E-state index in [2.05, 4.69) is 10.4 Å². The van der Waals surface area contributed by atoms with Gasteiger partial charge in [0, 0.05) is 16.4 Å². The molecule has 31 heavy (non-hydrogen) atoms. The van der Waals surface area contributed by atoms with Crippen LogP contribution in [0.2, 0.25) is 10.0 Å². The van der Waals surface area contributed by atoms with Crippen LogP contribution < -0.4 is 10.1 Å². The molecule has 0 aliphatic heterocycles. The Morgan fingerprint density at radius 2 is 1.94 bits per heavy atom. The van der Waals surface area contributed by atoms with Crippen molar-refractivity contribution in [3.8, 4) is 10.9 Å². The van der Waals surface area contributed by atoms with Crippen molar-refractivity contribution in [3.05, 3.63) is 62.9 Å². The van der Waals surface area contributed by atoms with E-state index in [1.165, 1.54) is 0 Å². The second-order valence-corrected chi connectivity index (χ2v) is 9.11. The largest absolute Gasteiger partial charge is 0.482 e. The third kappa shape index (κ3) is 4.39. The normalized spacial score (nSPS) is 11.2. The van der Waals surface area contributed by atoms with Gasteiger partial charge in [-0.15, -0.1) is 0 Å². The van der Waals surface area contributed by atoms with Gasteiger partial charge < -0.3 is 10.1 Å². The average molecular weight is 475 g/mol. The van der Waals surface area contributed by atoms with Gasteiger partial charge in [0.05, 0.1) is 20.9 Å². The van der Waals surface area contributed by atoms with Crippen LogP contribution >= 0.6 is 34.5 Å². The number of carbonyl (C=O) groups excluding carboxylic acids is 1. The number of ether oxygens (including phenoxy) is 1. The van der Waals surface area contributed by atoms with Crippen LogP contribution in [-0.4, -0.2) is 27.3 Å². The summed E-state index contributed by atoms with van der Waals surface area (Å²) in [6.07, 6.45) is 0. The molecule has 0 aliphatic carbocycles. The van der Waals surface area contributed by atoms with Crippen LogP contribution in [0.5, 0.6) is 5.75 Å². The maximum absolute atomic E-state index is 12.5. The van der Waals surface area contributed by atoms with E-state index in [-0.39, 0.29) is 12.5 Å². The minimum Gasteiger partial charge on any atom is -0.482 e. The lowest BCUT2D eigenvalue weighted by Gasteiger charge is -2.13. The number of halogens is 2. The quantitative estimate of drug-likeness (QED) is 0.382. The number of nitrogens with zero attached hydrogens (tertiary/aromatic N) is 3. The molecular formula is C22H20Cl2N4O2S. The summed E-state index contributed by atoms with van der Waals surface area (Å²) in [4.78, 5) is 17.3. The van der Waals surface area contributed by atoms with E-state index in [0.717, 1.165) is 43.6 Å². The number of anilines is 1. The second-order valence-electron chi connectivity index (χ2n) is 7.29. The van der Waals surface area contributed by atoms with Crippen molar-refractivity contribution in [3.63, 3.8) is 0 Å². The van der Waals surface area contributed by atoms with Crippen LogP contribution in [0.15, 0.2) is 30.3 Å². The molecule has 0 saturated carbocycles. The summed E-state index contributed by atoms with van der Waals surface area (Å²) in [5.74, 6) is 0.127. The maximum atomic E-state index is 12.5. The van der Waals surface area contributed by atoms with Gasteiger partial charge in [0.25, 0.3) is 5.91 Å². The molecule has 2 heterocycles. The summed E-state index contributed by atoms with van der Waals surface area (Å²) < 4.78 is 8.40. The van der Waals surface area contributed by atoms with Crippen LogP contribution in [0.4, 0.5) is 5.69 Å². The highest BCUT2D eigenvalue weighted by atomic mass is 35.5. The molecule has 2 aromatic heterocycles. The summed E-state index contributed by atoms with van der Waals surface area (Å²) >= 11 is 13.5. The fourth-order valence-corrected chi connectivity index (χ4v) is 4.91. The molecule has 4 rings (SSSR count). The van der Waals surface area contributed by atoms with Crippen molar-refractivity contribution in [2.75, 3.05) is 11.9 Å². The molecular weight excluding hydrogens is 455 g/mol. The summed E-state index contributed by atoms with van der Waals surface area (Å²) in [6.45, 7) is 7.71. The SMILES string of the molecule is Cc1cc(C)n(-c2nc3cc(C)c(NC(=O)COc4ccc(Cl)cc4Cl)c(C)c3s2)n1. The first-order chi connectivity index (χ1) is 14.7. The molecule has 0 fully saturated rings. The van der Waals surface area contributed by atoms with E-state index >= 15 is 0 Å². The van der Waals surface area contributed by atoms with Gasteiger partial charge >= 0.3 is 0 Å². The van der Waals surface area contributed by atoms with Crippen molar-refractivity contribution in [2.45, 2.75) is 27.7 Å². The number of hydrogen-bond acceptors (Lipinski definition) is 5. The van der Waals surface area contributed by atoms with E-state index in [9.17, 15) is 4.79 Å². The van der Waals surface area contributed by atoms with Crippen LogP contribution in [0, 0.1) is 27.7 Å². The molecule has 4 aromatic rings. The second kappa shape index (κ2) is 8.49. The van der Waals surface area contributed by atoms with Crippen LogP contribution in [0.3, 0.4) is 0 Å². The van der Waals surface area contributed by atoms with E-state index in [4.69, 9.17) is 32.9 Å². The highest BCUT2D eigenvalue weighted by Gasteiger charge is 2.17. The van der Waals surface area contributed by atoms with Gasteiger partial charge in [0.2, 0.25) is 5.13 Å². The summed E-state index contributed by atoms with van der Waals surface area (Å²) in [5, 5.41) is 9.14. The summed E-state index contributed by atoms with van der Waals surface area (Å²) in [7, 11) is 0.